The van der Waals surface area contributed by atoms with Gasteiger partial charge >= 0.3 is 0 Å². The molecule has 0 aromatic heterocycles. The zero-order valence-corrected chi connectivity index (χ0v) is 12.1. The van der Waals surface area contributed by atoms with Gasteiger partial charge in [-0.3, -0.25) is 9.59 Å². The van der Waals surface area contributed by atoms with Crippen molar-refractivity contribution in [1.29, 1.82) is 0 Å². The normalized spacial score (nSPS) is 26.1. The Hall–Kier alpha value is -1.20. The van der Waals surface area contributed by atoms with Crippen LogP contribution in [0.5, 0.6) is 0 Å². The molecule has 2 aliphatic heterocycles. The number of hydrogen-bond donors (Lipinski definition) is 0. The van der Waals surface area contributed by atoms with Crippen LogP contribution in [-0.4, -0.2) is 30.4 Å². The number of Topliss-reactive ketones (excluding diaryl/α,β-unsaturated/α-hetero) is 1. The highest BCUT2D eigenvalue weighted by molar-refractivity contribution is 9.10. The monoisotopic (exact) mass is 323 g/mol. The average Bonchev–Trinajstić information content (AvgIpc) is 2.88. The second kappa shape index (κ2) is 4.72. The fraction of sp³-hybridized carbons (Fsp3) is 0.429. The molecule has 0 saturated carbocycles. The van der Waals surface area contributed by atoms with Crippen LogP contribution < -0.4 is 4.90 Å². The number of carbonyl (C=O) groups is 2. The Bertz CT molecular complexity index is 558. The molecule has 4 nitrogen and oxygen atoms in total. The van der Waals surface area contributed by atoms with Gasteiger partial charge in [0.2, 0.25) is 0 Å². The fourth-order valence-electron chi connectivity index (χ4n) is 2.71. The molecule has 1 aromatic rings. The summed E-state index contributed by atoms with van der Waals surface area (Å²) in [5.41, 5.74) is 1.16. The SMILES string of the molecule is CC1CCC(CN2C(=O)C(=O)c3c(Br)cccc32)O1. The van der Waals surface area contributed by atoms with Crippen LogP contribution >= 0.6 is 15.9 Å². The molecule has 19 heavy (non-hydrogen) atoms. The Morgan fingerprint density at radius 2 is 2.16 bits per heavy atom. The molecule has 100 valence electrons. The summed E-state index contributed by atoms with van der Waals surface area (Å²) in [4.78, 5) is 25.6. The van der Waals surface area contributed by atoms with Crippen LogP contribution in [0.1, 0.15) is 30.1 Å². The van der Waals surface area contributed by atoms with E-state index in [0.29, 0.717) is 22.3 Å². The highest BCUT2D eigenvalue weighted by Crippen LogP contribution is 2.35. The van der Waals surface area contributed by atoms with Crippen LogP contribution in [0.2, 0.25) is 0 Å². The number of rotatable bonds is 2. The minimum atomic E-state index is -0.454. The van der Waals surface area contributed by atoms with Crippen molar-refractivity contribution in [1.82, 2.24) is 0 Å². The van der Waals surface area contributed by atoms with E-state index in [9.17, 15) is 9.59 Å². The van der Waals surface area contributed by atoms with E-state index in [-0.39, 0.29) is 12.2 Å². The third-order valence-electron chi connectivity index (χ3n) is 3.66. The van der Waals surface area contributed by atoms with E-state index in [1.165, 1.54) is 0 Å². The van der Waals surface area contributed by atoms with Gasteiger partial charge < -0.3 is 9.64 Å². The van der Waals surface area contributed by atoms with Crippen LogP contribution in [0.3, 0.4) is 0 Å². The van der Waals surface area contributed by atoms with Crippen LogP contribution in [-0.2, 0) is 9.53 Å². The van der Waals surface area contributed by atoms with Gasteiger partial charge in [0, 0.05) is 4.47 Å². The largest absolute Gasteiger partial charge is 0.373 e. The fourth-order valence-corrected chi connectivity index (χ4v) is 3.24. The Kier molecular flexibility index (Phi) is 3.19. The summed E-state index contributed by atoms with van der Waals surface area (Å²) in [5, 5.41) is 0. The summed E-state index contributed by atoms with van der Waals surface area (Å²) in [6.45, 7) is 2.49. The van der Waals surface area contributed by atoms with Crippen molar-refractivity contribution in [3.63, 3.8) is 0 Å². The predicted octanol–water partition coefficient (Wildman–Crippen LogP) is 2.55. The maximum absolute atomic E-state index is 12.1. The van der Waals surface area contributed by atoms with Crippen LogP contribution in [0, 0.1) is 0 Å². The lowest BCUT2D eigenvalue weighted by Gasteiger charge is -2.20. The van der Waals surface area contributed by atoms with Gasteiger partial charge in [-0.25, -0.2) is 0 Å². The van der Waals surface area contributed by atoms with Gasteiger partial charge in [0.15, 0.2) is 0 Å². The van der Waals surface area contributed by atoms with E-state index in [1.54, 1.807) is 17.0 Å². The number of anilines is 1. The Morgan fingerprint density at radius 3 is 2.84 bits per heavy atom. The summed E-state index contributed by atoms with van der Waals surface area (Å²) < 4.78 is 6.41. The lowest BCUT2D eigenvalue weighted by molar-refractivity contribution is -0.114. The number of amides is 1. The number of benzene rings is 1. The lowest BCUT2D eigenvalue weighted by atomic mass is 10.1. The summed E-state index contributed by atoms with van der Waals surface area (Å²) >= 11 is 3.33. The van der Waals surface area contributed by atoms with E-state index in [4.69, 9.17) is 4.74 Å². The first-order chi connectivity index (χ1) is 9.08. The molecule has 0 aliphatic carbocycles. The number of ketones is 1. The third kappa shape index (κ3) is 2.11. The topological polar surface area (TPSA) is 46.6 Å². The molecule has 2 atom stereocenters. The van der Waals surface area contributed by atoms with Crippen molar-refractivity contribution >= 4 is 33.3 Å². The molecule has 0 bridgehead atoms. The number of carbonyl (C=O) groups excluding carboxylic acids is 2. The number of hydrogen-bond acceptors (Lipinski definition) is 3. The van der Waals surface area contributed by atoms with Crippen LogP contribution in [0.4, 0.5) is 5.69 Å². The average molecular weight is 324 g/mol. The second-order valence-electron chi connectivity index (χ2n) is 5.02. The van der Waals surface area contributed by atoms with Gasteiger partial charge in [0.25, 0.3) is 11.7 Å². The number of nitrogens with zero attached hydrogens (tertiary/aromatic N) is 1. The van der Waals surface area contributed by atoms with Gasteiger partial charge in [-0.2, -0.15) is 0 Å². The van der Waals surface area contributed by atoms with E-state index in [0.717, 1.165) is 12.8 Å². The second-order valence-corrected chi connectivity index (χ2v) is 5.88. The molecule has 2 aliphatic rings. The van der Waals surface area contributed by atoms with Crippen molar-refractivity contribution < 1.29 is 14.3 Å². The third-order valence-corrected chi connectivity index (χ3v) is 4.32. The van der Waals surface area contributed by atoms with Crippen molar-refractivity contribution in [3.05, 3.63) is 28.2 Å². The van der Waals surface area contributed by atoms with Gasteiger partial charge in [0.05, 0.1) is 30.0 Å². The summed E-state index contributed by atoms with van der Waals surface area (Å²) in [6.07, 6.45) is 2.20. The van der Waals surface area contributed by atoms with Crippen molar-refractivity contribution in [3.8, 4) is 0 Å². The predicted molar refractivity (Wildman–Crippen MR) is 74.4 cm³/mol. The first-order valence-electron chi connectivity index (χ1n) is 6.38. The smallest absolute Gasteiger partial charge is 0.299 e. The zero-order chi connectivity index (χ0) is 13.6. The maximum Gasteiger partial charge on any atom is 0.299 e. The molecule has 1 aromatic carbocycles. The number of ether oxygens (including phenoxy) is 1. The molecule has 1 amide bonds. The van der Waals surface area contributed by atoms with Gasteiger partial charge in [0.1, 0.15) is 0 Å². The zero-order valence-electron chi connectivity index (χ0n) is 10.6. The van der Waals surface area contributed by atoms with Gasteiger partial charge in [-0.15, -0.1) is 0 Å². The summed E-state index contributed by atoms with van der Waals surface area (Å²) in [6, 6.07) is 5.42. The minimum Gasteiger partial charge on any atom is -0.373 e. The standard InChI is InChI=1S/C14H14BrNO3/c1-8-5-6-9(19-8)7-16-11-4-2-3-10(15)12(11)13(17)14(16)18/h2-4,8-9H,5-7H2,1H3. The van der Waals surface area contributed by atoms with Gasteiger partial charge in [-0.1, -0.05) is 6.07 Å². The molecule has 2 unspecified atom stereocenters. The molecular weight excluding hydrogens is 310 g/mol. The highest BCUT2D eigenvalue weighted by atomic mass is 79.9. The molecular formula is C14H14BrNO3. The first kappa shape index (κ1) is 12.8. The number of fused-ring (bicyclic) bond motifs is 1. The number of halogens is 1. The summed E-state index contributed by atoms with van der Waals surface area (Å²) in [5.74, 6) is -0.890. The van der Waals surface area contributed by atoms with Gasteiger partial charge in [-0.05, 0) is 47.8 Å². The molecule has 3 rings (SSSR count). The Labute approximate surface area is 119 Å². The van der Waals surface area contributed by atoms with E-state index < -0.39 is 11.7 Å². The van der Waals surface area contributed by atoms with Crippen LogP contribution in [0.25, 0.3) is 0 Å². The van der Waals surface area contributed by atoms with E-state index in [1.807, 2.05) is 13.0 Å². The molecule has 1 fully saturated rings. The van der Waals surface area contributed by atoms with E-state index >= 15 is 0 Å². The molecule has 5 heteroatoms. The quantitative estimate of drug-likeness (QED) is 0.786. The van der Waals surface area contributed by atoms with Crippen molar-refractivity contribution in [2.24, 2.45) is 0 Å². The molecule has 0 N–H and O–H groups in total. The summed E-state index contributed by atoms with van der Waals surface area (Å²) in [7, 11) is 0. The van der Waals surface area contributed by atoms with Crippen molar-refractivity contribution in [2.75, 3.05) is 11.4 Å². The highest BCUT2D eigenvalue weighted by Gasteiger charge is 2.39. The Balaban J connectivity index is 1.89. The van der Waals surface area contributed by atoms with Crippen molar-refractivity contribution in [2.45, 2.75) is 32.0 Å². The minimum absolute atomic E-state index is 0.0247. The maximum atomic E-state index is 12.1. The lowest BCUT2D eigenvalue weighted by Crippen LogP contribution is -2.36. The molecule has 1 saturated heterocycles. The molecule has 0 radical (unpaired) electrons. The first-order valence-corrected chi connectivity index (χ1v) is 7.17. The van der Waals surface area contributed by atoms with E-state index in [2.05, 4.69) is 15.9 Å². The Morgan fingerprint density at radius 1 is 1.37 bits per heavy atom. The van der Waals surface area contributed by atoms with Crippen LogP contribution in [0.15, 0.2) is 22.7 Å². The molecule has 2 heterocycles. The molecule has 0 spiro atoms.